The van der Waals surface area contributed by atoms with Gasteiger partial charge in [0.05, 0.1) is 12.0 Å². The van der Waals surface area contributed by atoms with Crippen LogP contribution in [0.2, 0.25) is 0 Å². The quantitative estimate of drug-likeness (QED) is 0.771. The number of amides is 2. The van der Waals surface area contributed by atoms with Crippen molar-refractivity contribution in [3.8, 4) is 0 Å². The van der Waals surface area contributed by atoms with E-state index in [0.717, 1.165) is 5.69 Å². The third-order valence-electron chi connectivity index (χ3n) is 4.96. The van der Waals surface area contributed by atoms with Crippen LogP contribution >= 0.6 is 0 Å². The van der Waals surface area contributed by atoms with Gasteiger partial charge in [-0.15, -0.1) is 0 Å². The minimum Gasteiger partial charge on any atom is -0.351 e. The van der Waals surface area contributed by atoms with Crippen LogP contribution in [0.3, 0.4) is 0 Å². The van der Waals surface area contributed by atoms with Crippen LogP contribution in [0.4, 0.5) is 5.69 Å². The maximum Gasteiger partial charge on any atom is 0.229 e. The van der Waals surface area contributed by atoms with Gasteiger partial charge in [0, 0.05) is 30.7 Å². The third kappa shape index (κ3) is 3.30. The first-order valence-corrected chi connectivity index (χ1v) is 8.64. The second-order valence-electron chi connectivity index (χ2n) is 7.12. The van der Waals surface area contributed by atoms with Crippen molar-refractivity contribution in [1.82, 2.24) is 16.2 Å². The number of para-hydroxylation sites is 1. The van der Waals surface area contributed by atoms with Crippen LogP contribution in [0.25, 0.3) is 0 Å². The first-order valence-electron chi connectivity index (χ1n) is 8.64. The first kappa shape index (κ1) is 16.9. The maximum absolute atomic E-state index is 12.8. The van der Waals surface area contributed by atoms with E-state index in [4.69, 9.17) is 0 Å². The van der Waals surface area contributed by atoms with Crippen LogP contribution in [0, 0.1) is 11.8 Å². The smallest absolute Gasteiger partial charge is 0.229 e. The Morgan fingerprint density at radius 1 is 1.25 bits per heavy atom. The molecule has 2 aliphatic heterocycles. The number of hydrogen-bond donors (Lipinski definition) is 3. The molecule has 3 N–H and O–H groups in total. The molecule has 0 saturated carbocycles. The molecule has 1 aromatic carbocycles. The van der Waals surface area contributed by atoms with Gasteiger partial charge < -0.3 is 10.2 Å². The van der Waals surface area contributed by atoms with Crippen molar-refractivity contribution >= 4 is 17.5 Å². The Kier molecular flexibility index (Phi) is 4.87. The molecule has 4 unspecified atom stereocenters. The van der Waals surface area contributed by atoms with Gasteiger partial charge in [0.25, 0.3) is 0 Å². The van der Waals surface area contributed by atoms with Gasteiger partial charge in [-0.2, -0.15) is 0 Å². The molecule has 2 heterocycles. The number of carbonyl (C=O) groups excluding carboxylic acids is 2. The maximum atomic E-state index is 12.8. The van der Waals surface area contributed by atoms with Crippen molar-refractivity contribution in [3.63, 3.8) is 0 Å². The number of benzene rings is 1. The van der Waals surface area contributed by atoms with Crippen molar-refractivity contribution in [1.29, 1.82) is 0 Å². The summed E-state index contributed by atoms with van der Waals surface area (Å²) in [7, 11) is 0. The molecule has 2 saturated heterocycles. The fourth-order valence-corrected chi connectivity index (χ4v) is 3.65. The van der Waals surface area contributed by atoms with E-state index < -0.39 is 0 Å². The van der Waals surface area contributed by atoms with Gasteiger partial charge in [0.15, 0.2) is 0 Å². The van der Waals surface area contributed by atoms with Gasteiger partial charge in [-0.05, 0) is 25.0 Å². The van der Waals surface area contributed by atoms with E-state index in [0.29, 0.717) is 18.9 Å². The summed E-state index contributed by atoms with van der Waals surface area (Å²) in [6.45, 7) is 6.75. The van der Waals surface area contributed by atoms with Gasteiger partial charge in [-0.1, -0.05) is 32.0 Å². The van der Waals surface area contributed by atoms with Crippen molar-refractivity contribution in [3.05, 3.63) is 30.3 Å². The summed E-state index contributed by atoms with van der Waals surface area (Å²) in [6.07, 6.45) is 0.356. The Morgan fingerprint density at radius 2 is 1.96 bits per heavy atom. The Bertz CT molecular complexity index is 604. The van der Waals surface area contributed by atoms with E-state index in [-0.39, 0.29) is 35.9 Å². The molecule has 2 fully saturated rings. The lowest BCUT2D eigenvalue weighted by Gasteiger charge is -2.25. The highest BCUT2D eigenvalue weighted by molar-refractivity contribution is 5.97. The summed E-state index contributed by atoms with van der Waals surface area (Å²) in [5.74, 6) is 0.296. The van der Waals surface area contributed by atoms with Gasteiger partial charge in [-0.25, -0.2) is 0 Å². The van der Waals surface area contributed by atoms with E-state index in [2.05, 4.69) is 30.0 Å². The number of carbonyl (C=O) groups is 2. The number of nitrogens with one attached hydrogen (secondary N) is 3. The van der Waals surface area contributed by atoms with Crippen molar-refractivity contribution < 1.29 is 9.59 Å². The van der Waals surface area contributed by atoms with Crippen LogP contribution in [-0.4, -0.2) is 36.5 Å². The van der Waals surface area contributed by atoms with E-state index in [1.54, 1.807) is 4.90 Å². The van der Waals surface area contributed by atoms with E-state index >= 15 is 0 Å². The van der Waals surface area contributed by atoms with Crippen LogP contribution in [-0.2, 0) is 9.59 Å². The lowest BCUT2D eigenvalue weighted by molar-refractivity contribution is -0.126. The molecule has 3 rings (SSSR count). The molecule has 0 radical (unpaired) electrons. The molecular weight excluding hydrogens is 304 g/mol. The fraction of sp³-hybridized carbons (Fsp3) is 0.556. The molecule has 4 atom stereocenters. The van der Waals surface area contributed by atoms with Gasteiger partial charge in [0.2, 0.25) is 11.8 Å². The molecular formula is C18H26N4O2. The standard InChI is InChI=1S/C18H26N4O2/c1-11(2)17-16(12(3)20-21-17)18(24)19-13-9-15(23)22(10-13)14-7-5-4-6-8-14/h4-8,11-13,16-17,20-21H,9-10H2,1-3H3,(H,19,24). The molecule has 2 amide bonds. The first-order chi connectivity index (χ1) is 11.5. The number of hydrogen-bond acceptors (Lipinski definition) is 4. The summed E-state index contributed by atoms with van der Waals surface area (Å²) in [4.78, 5) is 26.8. The number of hydrazine groups is 1. The molecule has 6 nitrogen and oxygen atoms in total. The van der Waals surface area contributed by atoms with Gasteiger partial charge in [-0.3, -0.25) is 20.4 Å². The monoisotopic (exact) mass is 330 g/mol. The average molecular weight is 330 g/mol. The van der Waals surface area contributed by atoms with Crippen LogP contribution in [0.1, 0.15) is 27.2 Å². The molecule has 6 heteroatoms. The average Bonchev–Trinajstić information content (AvgIpc) is 3.11. The normalized spacial score (nSPS) is 30.2. The summed E-state index contributed by atoms with van der Waals surface area (Å²) >= 11 is 0. The third-order valence-corrected chi connectivity index (χ3v) is 4.96. The molecule has 2 aliphatic rings. The Morgan fingerprint density at radius 3 is 2.62 bits per heavy atom. The second kappa shape index (κ2) is 6.91. The Balaban J connectivity index is 1.64. The highest BCUT2D eigenvalue weighted by Gasteiger charge is 2.41. The Hall–Kier alpha value is -1.92. The predicted molar refractivity (Wildman–Crippen MR) is 93.2 cm³/mol. The summed E-state index contributed by atoms with van der Waals surface area (Å²) in [5.41, 5.74) is 7.26. The highest BCUT2D eigenvalue weighted by Crippen LogP contribution is 2.24. The van der Waals surface area contributed by atoms with Crippen LogP contribution in [0.5, 0.6) is 0 Å². The summed E-state index contributed by atoms with van der Waals surface area (Å²) in [5, 5.41) is 3.08. The predicted octanol–water partition coefficient (Wildman–Crippen LogP) is 1.05. The molecule has 1 aromatic rings. The van der Waals surface area contributed by atoms with E-state index in [9.17, 15) is 9.59 Å². The molecule has 0 spiro atoms. The number of anilines is 1. The second-order valence-corrected chi connectivity index (χ2v) is 7.12. The fourth-order valence-electron chi connectivity index (χ4n) is 3.65. The van der Waals surface area contributed by atoms with Crippen LogP contribution in [0.15, 0.2) is 30.3 Å². The lowest BCUT2D eigenvalue weighted by atomic mass is 9.87. The number of nitrogens with zero attached hydrogens (tertiary/aromatic N) is 1. The molecule has 24 heavy (non-hydrogen) atoms. The lowest BCUT2D eigenvalue weighted by Crippen LogP contribution is -2.47. The van der Waals surface area contributed by atoms with Crippen molar-refractivity contribution in [2.24, 2.45) is 11.8 Å². The summed E-state index contributed by atoms with van der Waals surface area (Å²) in [6, 6.07) is 9.64. The minimum atomic E-state index is -0.134. The molecule has 0 bridgehead atoms. The zero-order valence-electron chi connectivity index (χ0n) is 14.5. The Labute approximate surface area is 143 Å². The zero-order valence-corrected chi connectivity index (χ0v) is 14.5. The SMILES string of the molecule is CC(C)C1NNC(C)C1C(=O)NC1CC(=O)N(c2ccccc2)C1. The molecule has 0 aliphatic carbocycles. The minimum absolute atomic E-state index is 0.0198. The van der Waals surface area contributed by atoms with Gasteiger partial charge in [0.1, 0.15) is 0 Å². The summed E-state index contributed by atoms with van der Waals surface area (Å²) < 4.78 is 0. The van der Waals surface area contributed by atoms with Crippen molar-refractivity contribution in [2.45, 2.75) is 45.3 Å². The highest BCUT2D eigenvalue weighted by atomic mass is 16.2. The zero-order chi connectivity index (χ0) is 17.3. The van der Waals surface area contributed by atoms with E-state index in [1.807, 2.05) is 37.3 Å². The van der Waals surface area contributed by atoms with E-state index in [1.165, 1.54) is 0 Å². The number of rotatable bonds is 4. The van der Waals surface area contributed by atoms with Crippen LogP contribution < -0.4 is 21.1 Å². The topological polar surface area (TPSA) is 73.5 Å². The van der Waals surface area contributed by atoms with Gasteiger partial charge >= 0.3 is 0 Å². The molecule has 130 valence electrons. The largest absolute Gasteiger partial charge is 0.351 e. The van der Waals surface area contributed by atoms with Crippen molar-refractivity contribution in [2.75, 3.05) is 11.4 Å². The molecule has 0 aromatic heterocycles.